The van der Waals surface area contributed by atoms with Gasteiger partial charge < -0.3 is 94.3 Å². The Hall–Kier alpha value is -1.86. The number of carbonyl (C=O) groups excluding carboxylic acids is 1. The maximum atomic E-state index is 12.9. The van der Waals surface area contributed by atoms with Gasteiger partial charge in [-0.25, -0.2) is 0 Å². The molecule has 1 aliphatic carbocycles. The fourth-order valence-corrected chi connectivity index (χ4v) is 6.40. The highest BCUT2D eigenvalue weighted by molar-refractivity contribution is 5.81. The second-order valence-electron chi connectivity index (χ2n) is 12.8. The molecule has 16 atom stereocenters. The van der Waals surface area contributed by atoms with E-state index in [4.69, 9.17) is 68.6 Å². The maximum absolute atomic E-state index is 12.9. The largest absolute Gasteiger partial charge is 0.394 e. The van der Waals surface area contributed by atoms with Gasteiger partial charge in [-0.15, -0.1) is 0 Å². The number of carbonyl (C=O) groups is 1. The number of hydrogen-bond acceptors (Lipinski definition) is 17. The Balaban J connectivity index is 1.52. The zero-order valence-corrected chi connectivity index (χ0v) is 26.9. The van der Waals surface area contributed by atoms with E-state index in [1.54, 1.807) is 0 Å². The first-order chi connectivity index (χ1) is 22.9. The van der Waals surface area contributed by atoms with Gasteiger partial charge in [-0.2, -0.15) is 0 Å². The Labute approximate surface area is 278 Å². The lowest BCUT2D eigenvalue weighted by molar-refractivity contribution is -0.288. The molecule has 3 heterocycles. The molecular weight excluding hydrogens is 638 g/mol. The van der Waals surface area contributed by atoms with Crippen LogP contribution in [0.1, 0.15) is 38.5 Å². The Morgan fingerprint density at radius 2 is 1.38 bits per heavy atom. The number of nitrogens with two attached hydrogens (primary N) is 7. The molecule has 0 aromatic carbocycles. The number of rotatable bonds is 14. The van der Waals surface area contributed by atoms with Crippen molar-refractivity contribution in [3.63, 3.8) is 0 Å². The van der Waals surface area contributed by atoms with Crippen molar-refractivity contribution < 1.29 is 53.6 Å². The molecule has 3 aliphatic heterocycles. The van der Waals surface area contributed by atoms with Crippen LogP contribution in [0, 0.1) is 0 Å². The topological polar surface area (TPSA) is 360 Å². The van der Waals surface area contributed by atoms with Crippen LogP contribution in [-0.4, -0.2) is 157 Å². The molecule has 0 spiro atoms. The third kappa shape index (κ3) is 9.68. The summed E-state index contributed by atoms with van der Waals surface area (Å²) >= 11 is 0. The van der Waals surface area contributed by atoms with Crippen molar-refractivity contribution in [1.29, 1.82) is 0 Å². The molecule has 0 radical (unpaired) electrons. The summed E-state index contributed by atoms with van der Waals surface area (Å²) in [5.74, 6) is -0.993. The molecule has 48 heavy (non-hydrogen) atoms. The lowest BCUT2D eigenvalue weighted by Gasteiger charge is -2.46. The fourth-order valence-electron chi connectivity index (χ4n) is 6.40. The summed E-state index contributed by atoms with van der Waals surface area (Å²) < 4.78 is 36.1. The van der Waals surface area contributed by atoms with Gasteiger partial charge in [0.15, 0.2) is 24.8 Å². The van der Waals surface area contributed by atoms with Crippen LogP contribution in [0.2, 0.25) is 0 Å². The predicted octanol–water partition coefficient (Wildman–Crippen LogP) is -6.60. The van der Waals surface area contributed by atoms with E-state index in [-0.39, 0.29) is 50.6 Å². The monoisotopic (exact) mass is 693 g/mol. The van der Waals surface area contributed by atoms with Gasteiger partial charge in [0.25, 0.3) is 0 Å². The van der Waals surface area contributed by atoms with Gasteiger partial charge >= 0.3 is 0 Å². The molecule has 4 rings (SSSR count). The Morgan fingerprint density at radius 3 is 1.92 bits per heavy atom. The van der Waals surface area contributed by atoms with E-state index in [0.717, 1.165) is 0 Å². The number of ether oxygens (including phenoxy) is 6. The van der Waals surface area contributed by atoms with Crippen molar-refractivity contribution in [2.75, 3.05) is 26.2 Å². The molecule has 278 valence electrons. The van der Waals surface area contributed by atoms with Crippen LogP contribution in [0.15, 0.2) is 4.99 Å². The molecule has 1 saturated carbocycles. The summed E-state index contributed by atoms with van der Waals surface area (Å²) in [6, 6.07) is -2.98. The number of hydrogen-bond donors (Lipinski definition) is 12. The molecule has 3 saturated heterocycles. The highest BCUT2D eigenvalue weighted by atomic mass is 16.8. The number of aliphatic hydroxyl groups is 4. The van der Waals surface area contributed by atoms with Gasteiger partial charge in [0.2, 0.25) is 5.91 Å². The zero-order valence-electron chi connectivity index (χ0n) is 26.9. The molecule has 19 N–H and O–H groups in total. The standard InChI is InChI=1S/C28H55N9O11/c29-8-11-1-3-13(31)25(43-11)46-21-15(33)7-16(37-24(42)17(39)5-6-36-28(34)35)19(40)23(21)48-27-20(41)22(18(10-38)45-27)47-26-14(32)4-2-12(9-30)44-26/h11-23,25-27,38-41H,1-10,29-33H2,(H,37,42)(H4,34,35,36)/t11-,12+,13+,14+,15-,16+,17-,18+,19-,20+,21+,22?,23?,25+,26+,27?/m0/s1. The van der Waals surface area contributed by atoms with Crippen molar-refractivity contribution in [1.82, 2.24) is 5.32 Å². The average Bonchev–Trinajstić information content (AvgIpc) is 3.35. The second-order valence-corrected chi connectivity index (χ2v) is 12.8. The van der Waals surface area contributed by atoms with E-state index in [9.17, 15) is 25.2 Å². The summed E-state index contributed by atoms with van der Waals surface area (Å²) in [5.41, 5.74) is 41.3. The molecule has 4 aliphatic rings. The summed E-state index contributed by atoms with van der Waals surface area (Å²) in [6.07, 6.45) is -10.8. The van der Waals surface area contributed by atoms with Crippen LogP contribution in [0.5, 0.6) is 0 Å². The van der Waals surface area contributed by atoms with Gasteiger partial charge in [0.05, 0.1) is 36.9 Å². The van der Waals surface area contributed by atoms with Crippen molar-refractivity contribution in [2.45, 2.75) is 136 Å². The van der Waals surface area contributed by atoms with Gasteiger partial charge in [-0.1, -0.05) is 0 Å². The first-order valence-corrected chi connectivity index (χ1v) is 16.5. The quantitative estimate of drug-likeness (QED) is 0.0594. The van der Waals surface area contributed by atoms with Gasteiger partial charge in [0, 0.05) is 32.1 Å². The lowest BCUT2D eigenvalue weighted by atomic mass is 9.83. The Morgan fingerprint density at radius 1 is 0.812 bits per heavy atom. The number of nitrogens with one attached hydrogen (secondary N) is 1. The molecule has 20 heteroatoms. The average molecular weight is 694 g/mol. The minimum absolute atomic E-state index is 0.00136. The van der Waals surface area contributed by atoms with Crippen molar-refractivity contribution in [2.24, 2.45) is 45.1 Å². The molecule has 3 unspecified atom stereocenters. The normalized spacial score (nSPS) is 42.6. The first kappa shape index (κ1) is 38.9. The predicted molar refractivity (Wildman–Crippen MR) is 168 cm³/mol. The van der Waals surface area contributed by atoms with Crippen LogP contribution in [0.4, 0.5) is 0 Å². The van der Waals surface area contributed by atoms with Crippen LogP contribution in [-0.2, 0) is 33.2 Å². The zero-order chi connectivity index (χ0) is 35.1. The smallest absolute Gasteiger partial charge is 0.249 e. The minimum atomic E-state index is -1.50. The molecule has 4 fully saturated rings. The van der Waals surface area contributed by atoms with E-state index < -0.39 is 98.3 Å². The molecule has 0 bridgehead atoms. The summed E-state index contributed by atoms with van der Waals surface area (Å²) in [7, 11) is 0. The van der Waals surface area contributed by atoms with Crippen LogP contribution >= 0.6 is 0 Å². The number of aliphatic hydroxyl groups excluding tert-OH is 4. The number of guanidine groups is 1. The fraction of sp³-hybridized carbons (Fsp3) is 0.929. The molecule has 0 aromatic heterocycles. The van der Waals surface area contributed by atoms with E-state index in [1.165, 1.54) is 0 Å². The summed E-state index contributed by atoms with van der Waals surface area (Å²) in [4.78, 5) is 16.6. The van der Waals surface area contributed by atoms with E-state index in [1.807, 2.05) is 0 Å². The Bertz CT molecular complexity index is 1050. The third-order valence-electron chi connectivity index (χ3n) is 9.21. The Kier molecular flexibility index (Phi) is 14.5. The second kappa shape index (κ2) is 17.9. The number of aliphatic imine (C=N–C) groups is 1. The van der Waals surface area contributed by atoms with E-state index >= 15 is 0 Å². The number of amides is 1. The van der Waals surface area contributed by atoms with Crippen LogP contribution in [0.3, 0.4) is 0 Å². The SMILES string of the molecule is NC[C@@H]1CC[C@@H](N)[C@@H](O[C@H]2C(OC3O[C@H](CO)C(O[C@H]4O[C@@H](CN)CC[C@H]4N)[C@H]3O)[C@@H](O)[C@H](NC(=O)[C@@H](O)CCN=C(N)N)C[C@@H]2N)O1. The molecule has 20 nitrogen and oxygen atoms in total. The van der Waals surface area contributed by atoms with E-state index in [0.29, 0.717) is 25.7 Å². The molecular formula is C28H55N9O11. The van der Waals surface area contributed by atoms with Crippen molar-refractivity contribution >= 4 is 11.9 Å². The maximum Gasteiger partial charge on any atom is 0.249 e. The van der Waals surface area contributed by atoms with Crippen molar-refractivity contribution in [3.05, 3.63) is 0 Å². The van der Waals surface area contributed by atoms with Gasteiger partial charge in [-0.05, 0) is 32.1 Å². The third-order valence-corrected chi connectivity index (χ3v) is 9.21. The van der Waals surface area contributed by atoms with Crippen LogP contribution in [0.25, 0.3) is 0 Å². The minimum Gasteiger partial charge on any atom is -0.394 e. The first-order valence-electron chi connectivity index (χ1n) is 16.5. The van der Waals surface area contributed by atoms with E-state index in [2.05, 4.69) is 10.3 Å². The lowest BCUT2D eigenvalue weighted by Crippen LogP contribution is -2.67. The molecule has 0 aromatic rings. The molecule has 1 amide bonds. The summed E-state index contributed by atoms with van der Waals surface area (Å²) in [5, 5.41) is 46.0. The highest BCUT2D eigenvalue weighted by Gasteiger charge is 2.53. The number of nitrogens with zero attached hydrogens (tertiary/aromatic N) is 1. The van der Waals surface area contributed by atoms with Crippen LogP contribution < -0.4 is 45.5 Å². The van der Waals surface area contributed by atoms with Gasteiger partial charge in [-0.3, -0.25) is 9.79 Å². The highest BCUT2D eigenvalue weighted by Crippen LogP contribution is 2.34. The van der Waals surface area contributed by atoms with Crippen molar-refractivity contribution in [3.8, 4) is 0 Å². The summed E-state index contributed by atoms with van der Waals surface area (Å²) in [6.45, 7) is -0.0826. The van der Waals surface area contributed by atoms with Gasteiger partial charge in [0.1, 0.15) is 42.7 Å².